The van der Waals surface area contributed by atoms with Crippen molar-refractivity contribution < 1.29 is 14.6 Å². The normalized spacial score (nSPS) is 12.3. The second-order valence-electron chi connectivity index (χ2n) is 11.7. The van der Waals surface area contributed by atoms with Crippen molar-refractivity contribution in [1.29, 1.82) is 0 Å². The molecule has 0 amide bonds. The molecule has 3 heteroatoms. The van der Waals surface area contributed by atoms with Crippen LogP contribution in [0.15, 0.2) is 0 Å². The number of rotatable bonds is 32. The van der Waals surface area contributed by atoms with E-state index in [0.29, 0.717) is 12.5 Å². The van der Waals surface area contributed by atoms with Crippen LogP contribution in [-0.2, 0) is 9.53 Å². The van der Waals surface area contributed by atoms with E-state index in [1.807, 2.05) is 0 Å². The first-order valence-corrected chi connectivity index (χ1v) is 17.0. The lowest BCUT2D eigenvalue weighted by atomic mass is 10.0. The minimum Gasteiger partial charge on any atom is -0.481 e. The first-order chi connectivity index (χ1) is 18.2. The van der Waals surface area contributed by atoms with Gasteiger partial charge in [0.1, 0.15) is 0 Å². The van der Waals surface area contributed by atoms with Crippen molar-refractivity contribution >= 4 is 5.97 Å². The third-order valence-corrected chi connectivity index (χ3v) is 7.90. The van der Waals surface area contributed by atoms with Gasteiger partial charge in [0.25, 0.3) is 0 Å². The molecule has 0 aromatic heterocycles. The summed E-state index contributed by atoms with van der Waals surface area (Å²) in [5.74, 6) is -0.657. The van der Waals surface area contributed by atoms with Crippen LogP contribution in [0.5, 0.6) is 0 Å². The quantitative estimate of drug-likeness (QED) is 0.0890. The van der Waals surface area contributed by atoms with Crippen molar-refractivity contribution in [3.8, 4) is 0 Å². The standard InChI is InChI=1S/C34H68O3/c1-3-5-7-9-10-11-12-13-14-15-18-21-24-28-32-37-33(29-25-8-6-4-2)30-26-22-19-16-17-20-23-27-31-34(35)36/h33H,3-32H2,1-2H3,(H,35,36). The molecule has 0 fully saturated rings. The highest BCUT2D eigenvalue weighted by Crippen LogP contribution is 2.18. The SMILES string of the molecule is CCCCCCCCCCCCCCCCOC(CCCCCC)CCCCCCCCCCC(=O)O. The van der Waals surface area contributed by atoms with E-state index in [9.17, 15) is 4.79 Å². The number of carboxylic acids is 1. The summed E-state index contributed by atoms with van der Waals surface area (Å²) in [4.78, 5) is 10.6. The van der Waals surface area contributed by atoms with E-state index in [1.54, 1.807) is 0 Å². The van der Waals surface area contributed by atoms with Crippen molar-refractivity contribution in [1.82, 2.24) is 0 Å². The average molecular weight is 525 g/mol. The number of hydrogen-bond donors (Lipinski definition) is 1. The summed E-state index contributed by atoms with van der Waals surface area (Å²) in [6.07, 6.45) is 38.0. The van der Waals surface area contributed by atoms with E-state index in [1.165, 1.54) is 167 Å². The zero-order valence-corrected chi connectivity index (χ0v) is 25.6. The van der Waals surface area contributed by atoms with Crippen molar-refractivity contribution in [2.45, 2.75) is 206 Å². The van der Waals surface area contributed by atoms with Crippen molar-refractivity contribution in [2.75, 3.05) is 6.61 Å². The van der Waals surface area contributed by atoms with Gasteiger partial charge >= 0.3 is 5.97 Å². The Labute approximate surface area is 233 Å². The molecule has 1 unspecified atom stereocenters. The van der Waals surface area contributed by atoms with Gasteiger partial charge in [-0.3, -0.25) is 4.79 Å². The first kappa shape index (κ1) is 36.4. The molecule has 0 aromatic carbocycles. The Morgan fingerprint density at radius 2 is 0.811 bits per heavy atom. The summed E-state index contributed by atoms with van der Waals surface area (Å²) in [6, 6.07) is 0. The van der Waals surface area contributed by atoms with Crippen LogP contribution >= 0.6 is 0 Å². The van der Waals surface area contributed by atoms with Crippen LogP contribution in [0.1, 0.15) is 200 Å². The lowest BCUT2D eigenvalue weighted by molar-refractivity contribution is -0.137. The maximum atomic E-state index is 10.6. The van der Waals surface area contributed by atoms with E-state index in [-0.39, 0.29) is 0 Å². The summed E-state index contributed by atoms with van der Waals surface area (Å²) in [7, 11) is 0. The second kappa shape index (κ2) is 31.6. The zero-order chi connectivity index (χ0) is 27.1. The smallest absolute Gasteiger partial charge is 0.303 e. The molecule has 3 nitrogen and oxygen atoms in total. The van der Waals surface area contributed by atoms with Gasteiger partial charge in [-0.25, -0.2) is 0 Å². The Kier molecular flexibility index (Phi) is 31.2. The minimum atomic E-state index is -0.657. The number of aliphatic carboxylic acids is 1. The van der Waals surface area contributed by atoms with Gasteiger partial charge in [0.2, 0.25) is 0 Å². The molecule has 222 valence electrons. The van der Waals surface area contributed by atoms with E-state index in [4.69, 9.17) is 9.84 Å². The van der Waals surface area contributed by atoms with Gasteiger partial charge in [-0.1, -0.05) is 168 Å². The fourth-order valence-corrected chi connectivity index (χ4v) is 5.37. The zero-order valence-electron chi connectivity index (χ0n) is 25.6. The molecule has 0 heterocycles. The minimum absolute atomic E-state index is 0.332. The Balaban J connectivity index is 3.64. The van der Waals surface area contributed by atoms with Crippen LogP contribution < -0.4 is 0 Å². The van der Waals surface area contributed by atoms with Crippen LogP contribution in [0.25, 0.3) is 0 Å². The summed E-state index contributed by atoms with van der Waals surface area (Å²) in [5, 5.41) is 8.69. The molecule has 0 aliphatic carbocycles. The molecular formula is C34H68O3. The van der Waals surface area contributed by atoms with E-state index in [0.717, 1.165) is 19.4 Å². The molecule has 0 radical (unpaired) electrons. The fraction of sp³-hybridized carbons (Fsp3) is 0.971. The number of ether oxygens (including phenoxy) is 1. The average Bonchev–Trinajstić information content (AvgIpc) is 2.89. The molecule has 0 spiro atoms. The molecule has 0 bridgehead atoms. The Morgan fingerprint density at radius 1 is 0.486 bits per heavy atom. The van der Waals surface area contributed by atoms with E-state index >= 15 is 0 Å². The predicted molar refractivity (Wildman–Crippen MR) is 163 cm³/mol. The van der Waals surface area contributed by atoms with Gasteiger partial charge in [-0.15, -0.1) is 0 Å². The molecule has 0 saturated heterocycles. The summed E-state index contributed by atoms with van der Waals surface area (Å²) in [6.45, 7) is 5.55. The molecule has 0 saturated carbocycles. The molecule has 0 rings (SSSR count). The summed E-state index contributed by atoms with van der Waals surface area (Å²) < 4.78 is 6.37. The Hall–Kier alpha value is -0.570. The monoisotopic (exact) mass is 525 g/mol. The van der Waals surface area contributed by atoms with E-state index in [2.05, 4.69) is 13.8 Å². The van der Waals surface area contributed by atoms with Crippen molar-refractivity contribution in [3.63, 3.8) is 0 Å². The van der Waals surface area contributed by atoms with E-state index < -0.39 is 5.97 Å². The topological polar surface area (TPSA) is 46.5 Å². The molecule has 0 aliphatic rings. The Morgan fingerprint density at radius 3 is 1.22 bits per heavy atom. The molecule has 37 heavy (non-hydrogen) atoms. The third-order valence-electron chi connectivity index (χ3n) is 7.90. The third kappa shape index (κ3) is 31.5. The van der Waals surface area contributed by atoms with Gasteiger partial charge < -0.3 is 9.84 Å². The van der Waals surface area contributed by atoms with Gasteiger partial charge in [0, 0.05) is 13.0 Å². The fourth-order valence-electron chi connectivity index (χ4n) is 5.37. The van der Waals surface area contributed by atoms with Crippen LogP contribution in [0.3, 0.4) is 0 Å². The molecule has 1 N–H and O–H groups in total. The van der Waals surface area contributed by atoms with Crippen molar-refractivity contribution in [3.05, 3.63) is 0 Å². The Bertz CT molecular complexity index is 437. The number of hydrogen-bond acceptors (Lipinski definition) is 2. The maximum absolute atomic E-state index is 10.6. The molecule has 1 atom stereocenters. The molecule has 0 aliphatic heterocycles. The highest BCUT2D eigenvalue weighted by atomic mass is 16.5. The van der Waals surface area contributed by atoms with Crippen molar-refractivity contribution in [2.24, 2.45) is 0 Å². The van der Waals surface area contributed by atoms with Gasteiger partial charge in [0.15, 0.2) is 0 Å². The van der Waals surface area contributed by atoms with Crippen LogP contribution in [0, 0.1) is 0 Å². The summed E-state index contributed by atoms with van der Waals surface area (Å²) >= 11 is 0. The number of carbonyl (C=O) groups is 1. The van der Waals surface area contributed by atoms with Gasteiger partial charge in [-0.05, 0) is 25.7 Å². The lowest BCUT2D eigenvalue weighted by Crippen LogP contribution is -2.14. The van der Waals surface area contributed by atoms with Crippen LogP contribution in [0.4, 0.5) is 0 Å². The highest BCUT2D eigenvalue weighted by molar-refractivity contribution is 5.66. The maximum Gasteiger partial charge on any atom is 0.303 e. The predicted octanol–water partition coefficient (Wildman–Crippen LogP) is 11.8. The molecular weight excluding hydrogens is 456 g/mol. The number of carboxylic acid groups (broad SMARTS) is 1. The number of unbranched alkanes of at least 4 members (excludes halogenated alkanes) is 23. The summed E-state index contributed by atoms with van der Waals surface area (Å²) in [5.41, 5.74) is 0. The van der Waals surface area contributed by atoms with Crippen LogP contribution in [-0.4, -0.2) is 23.8 Å². The van der Waals surface area contributed by atoms with Gasteiger partial charge in [-0.2, -0.15) is 0 Å². The first-order valence-electron chi connectivity index (χ1n) is 17.0. The largest absolute Gasteiger partial charge is 0.481 e. The van der Waals surface area contributed by atoms with Gasteiger partial charge in [0.05, 0.1) is 6.10 Å². The van der Waals surface area contributed by atoms with Crippen LogP contribution in [0.2, 0.25) is 0 Å². The second-order valence-corrected chi connectivity index (χ2v) is 11.7. The highest BCUT2D eigenvalue weighted by Gasteiger charge is 2.09. The molecule has 0 aromatic rings. The lowest BCUT2D eigenvalue weighted by Gasteiger charge is -2.18.